The molecule has 166 valence electrons. The highest BCUT2D eigenvalue weighted by atomic mass is 16.5. The molecule has 0 saturated carbocycles. The van der Waals surface area contributed by atoms with Gasteiger partial charge in [-0.1, -0.05) is 12.1 Å². The van der Waals surface area contributed by atoms with E-state index in [1.165, 1.54) is 4.80 Å². The lowest BCUT2D eigenvalue weighted by atomic mass is 10.1. The number of aryl methyl sites for hydroxylation is 1. The van der Waals surface area contributed by atoms with Crippen LogP contribution >= 0.6 is 0 Å². The standard InChI is InChI=1S/C23H25N5O4/c1-3-31-23(30)20-16(2)10-11-24-21(20)32-17-7-6-14-27(15-17)22(29)18-8-4-5-9-19(18)28-25-12-13-26-28/h4-5,8-13,17H,3,6-7,14-15H2,1-2H3/t17-/m1/s1. The minimum atomic E-state index is -0.461. The molecular weight excluding hydrogens is 410 g/mol. The van der Waals surface area contributed by atoms with Crippen molar-refractivity contribution in [3.05, 3.63) is 65.6 Å². The first-order valence-electron chi connectivity index (χ1n) is 10.6. The number of likely N-dealkylation sites (tertiary alicyclic amines) is 1. The van der Waals surface area contributed by atoms with Gasteiger partial charge in [0.2, 0.25) is 5.88 Å². The van der Waals surface area contributed by atoms with E-state index in [0.29, 0.717) is 29.9 Å². The molecule has 1 atom stereocenters. The summed E-state index contributed by atoms with van der Waals surface area (Å²) in [6.07, 6.45) is 5.99. The molecule has 1 fully saturated rings. The lowest BCUT2D eigenvalue weighted by Crippen LogP contribution is -2.44. The van der Waals surface area contributed by atoms with Crippen molar-refractivity contribution in [3.8, 4) is 11.6 Å². The van der Waals surface area contributed by atoms with Crippen LogP contribution in [0.1, 0.15) is 46.0 Å². The Kier molecular flexibility index (Phi) is 6.44. The summed E-state index contributed by atoms with van der Waals surface area (Å²) < 4.78 is 11.3. The number of esters is 1. The van der Waals surface area contributed by atoms with Crippen molar-refractivity contribution in [2.45, 2.75) is 32.8 Å². The topological polar surface area (TPSA) is 99.4 Å². The van der Waals surface area contributed by atoms with Crippen LogP contribution in [0.25, 0.3) is 5.69 Å². The number of hydrogen-bond donors (Lipinski definition) is 0. The molecule has 1 aliphatic rings. The van der Waals surface area contributed by atoms with E-state index in [0.717, 1.165) is 18.4 Å². The fourth-order valence-electron chi connectivity index (χ4n) is 3.79. The van der Waals surface area contributed by atoms with Gasteiger partial charge in [-0.25, -0.2) is 9.78 Å². The van der Waals surface area contributed by atoms with Crippen molar-refractivity contribution in [2.24, 2.45) is 0 Å². The normalized spacial score (nSPS) is 15.9. The average molecular weight is 435 g/mol. The molecule has 0 unspecified atom stereocenters. The molecule has 1 saturated heterocycles. The number of carbonyl (C=O) groups is 2. The lowest BCUT2D eigenvalue weighted by molar-refractivity contribution is 0.0468. The summed E-state index contributed by atoms with van der Waals surface area (Å²) in [6.45, 7) is 4.84. The number of rotatable bonds is 6. The Morgan fingerprint density at radius 3 is 2.69 bits per heavy atom. The van der Waals surface area contributed by atoms with Crippen LogP contribution in [0.3, 0.4) is 0 Å². The number of nitrogens with zero attached hydrogens (tertiary/aromatic N) is 5. The summed E-state index contributed by atoms with van der Waals surface area (Å²) in [7, 11) is 0. The van der Waals surface area contributed by atoms with E-state index in [9.17, 15) is 9.59 Å². The number of para-hydroxylation sites is 1. The first kappa shape index (κ1) is 21.5. The lowest BCUT2D eigenvalue weighted by Gasteiger charge is -2.33. The second-order valence-electron chi connectivity index (χ2n) is 7.50. The van der Waals surface area contributed by atoms with E-state index in [1.807, 2.05) is 25.1 Å². The van der Waals surface area contributed by atoms with Crippen molar-refractivity contribution in [1.29, 1.82) is 0 Å². The molecular formula is C23H25N5O4. The van der Waals surface area contributed by atoms with Crippen LogP contribution in [0.5, 0.6) is 5.88 Å². The molecule has 0 aliphatic carbocycles. The first-order valence-corrected chi connectivity index (χ1v) is 10.6. The summed E-state index contributed by atoms with van der Waals surface area (Å²) >= 11 is 0. The molecule has 2 aromatic heterocycles. The van der Waals surface area contributed by atoms with Crippen LogP contribution in [0.15, 0.2) is 48.9 Å². The fraction of sp³-hybridized carbons (Fsp3) is 0.348. The SMILES string of the molecule is CCOC(=O)c1c(C)ccnc1O[C@@H]1CCCN(C(=O)c2ccccc2-n2nccn2)C1. The Labute approximate surface area is 186 Å². The van der Waals surface area contributed by atoms with Crippen LogP contribution in [-0.4, -0.2) is 62.6 Å². The molecule has 1 amide bonds. The Balaban J connectivity index is 1.53. The van der Waals surface area contributed by atoms with Crippen molar-refractivity contribution in [1.82, 2.24) is 24.9 Å². The van der Waals surface area contributed by atoms with Gasteiger partial charge in [0, 0.05) is 12.7 Å². The third-order valence-electron chi connectivity index (χ3n) is 5.32. The summed E-state index contributed by atoms with van der Waals surface area (Å²) in [6, 6.07) is 8.99. The number of pyridine rings is 1. The summed E-state index contributed by atoms with van der Waals surface area (Å²) in [4.78, 5) is 33.2. The zero-order chi connectivity index (χ0) is 22.5. The zero-order valence-corrected chi connectivity index (χ0v) is 18.1. The Hall–Kier alpha value is -3.75. The maximum absolute atomic E-state index is 13.3. The largest absolute Gasteiger partial charge is 0.472 e. The van der Waals surface area contributed by atoms with Crippen LogP contribution < -0.4 is 4.74 Å². The molecule has 1 aliphatic heterocycles. The molecule has 0 bridgehead atoms. The van der Waals surface area contributed by atoms with E-state index >= 15 is 0 Å². The summed E-state index contributed by atoms with van der Waals surface area (Å²) in [5.74, 6) is -0.338. The van der Waals surface area contributed by atoms with Crippen molar-refractivity contribution >= 4 is 11.9 Å². The predicted octanol–water partition coefficient (Wildman–Crippen LogP) is 2.83. The smallest absolute Gasteiger partial charge is 0.343 e. The van der Waals surface area contributed by atoms with E-state index in [2.05, 4.69) is 15.2 Å². The van der Waals surface area contributed by atoms with Gasteiger partial charge in [-0.2, -0.15) is 15.0 Å². The van der Waals surface area contributed by atoms with Gasteiger partial charge < -0.3 is 14.4 Å². The molecule has 9 heteroatoms. The van der Waals surface area contributed by atoms with Crippen molar-refractivity contribution in [3.63, 3.8) is 0 Å². The van der Waals surface area contributed by atoms with Gasteiger partial charge in [-0.3, -0.25) is 4.79 Å². The Bertz CT molecular complexity index is 1100. The molecule has 9 nitrogen and oxygen atoms in total. The monoisotopic (exact) mass is 435 g/mol. The second-order valence-corrected chi connectivity index (χ2v) is 7.50. The average Bonchev–Trinajstić information content (AvgIpc) is 3.34. The molecule has 1 aromatic carbocycles. The van der Waals surface area contributed by atoms with Crippen LogP contribution in [0.4, 0.5) is 0 Å². The number of hydrogen-bond acceptors (Lipinski definition) is 7. The number of piperidine rings is 1. The Morgan fingerprint density at radius 2 is 1.91 bits per heavy atom. The Morgan fingerprint density at radius 1 is 1.12 bits per heavy atom. The number of carbonyl (C=O) groups excluding carboxylic acids is 2. The minimum absolute atomic E-state index is 0.117. The van der Waals surface area contributed by atoms with E-state index in [-0.39, 0.29) is 24.5 Å². The highest BCUT2D eigenvalue weighted by Crippen LogP contribution is 2.25. The van der Waals surface area contributed by atoms with Gasteiger partial charge in [0.1, 0.15) is 11.7 Å². The number of benzene rings is 1. The van der Waals surface area contributed by atoms with Gasteiger partial charge in [0.05, 0.1) is 36.8 Å². The molecule has 0 radical (unpaired) electrons. The maximum Gasteiger partial charge on any atom is 0.343 e. The molecule has 32 heavy (non-hydrogen) atoms. The van der Waals surface area contributed by atoms with Gasteiger partial charge >= 0.3 is 5.97 Å². The first-order chi connectivity index (χ1) is 15.6. The second kappa shape index (κ2) is 9.59. The van der Waals surface area contributed by atoms with Crippen molar-refractivity contribution < 1.29 is 19.1 Å². The molecule has 3 aromatic rings. The van der Waals surface area contributed by atoms with E-state index < -0.39 is 5.97 Å². The molecule has 0 N–H and O–H groups in total. The summed E-state index contributed by atoms with van der Waals surface area (Å²) in [5.41, 5.74) is 2.20. The van der Waals surface area contributed by atoms with E-state index in [4.69, 9.17) is 9.47 Å². The van der Waals surface area contributed by atoms with Crippen LogP contribution in [0, 0.1) is 6.92 Å². The maximum atomic E-state index is 13.3. The van der Waals surface area contributed by atoms with Gasteiger partial charge in [-0.15, -0.1) is 0 Å². The predicted molar refractivity (Wildman–Crippen MR) is 116 cm³/mol. The summed E-state index contributed by atoms with van der Waals surface area (Å²) in [5, 5.41) is 8.31. The van der Waals surface area contributed by atoms with Gasteiger partial charge in [-0.05, 0) is 50.5 Å². The molecule has 4 rings (SSSR count). The third-order valence-corrected chi connectivity index (χ3v) is 5.32. The number of ether oxygens (including phenoxy) is 2. The van der Waals surface area contributed by atoms with E-state index in [1.54, 1.807) is 42.5 Å². The van der Waals surface area contributed by atoms with Gasteiger partial charge in [0.25, 0.3) is 5.91 Å². The van der Waals surface area contributed by atoms with Crippen molar-refractivity contribution in [2.75, 3.05) is 19.7 Å². The third kappa shape index (κ3) is 4.46. The quantitative estimate of drug-likeness (QED) is 0.549. The fourth-order valence-corrected chi connectivity index (χ4v) is 3.79. The molecule has 3 heterocycles. The molecule has 0 spiro atoms. The van der Waals surface area contributed by atoms with Crippen LogP contribution in [0.2, 0.25) is 0 Å². The highest BCUT2D eigenvalue weighted by molar-refractivity contribution is 5.97. The number of amides is 1. The number of aromatic nitrogens is 4. The zero-order valence-electron chi connectivity index (χ0n) is 18.1. The highest BCUT2D eigenvalue weighted by Gasteiger charge is 2.29. The van der Waals surface area contributed by atoms with Crippen LogP contribution in [-0.2, 0) is 4.74 Å². The minimum Gasteiger partial charge on any atom is -0.472 e. The van der Waals surface area contributed by atoms with Gasteiger partial charge in [0.15, 0.2) is 0 Å².